The van der Waals surface area contributed by atoms with Gasteiger partial charge in [-0.15, -0.1) is 11.3 Å². The van der Waals surface area contributed by atoms with Crippen LogP contribution in [0.15, 0.2) is 15.9 Å². The monoisotopic (exact) mass is 356 g/mol. The van der Waals surface area contributed by atoms with Crippen LogP contribution in [0.5, 0.6) is 0 Å². The molecule has 0 saturated carbocycles. The Hall–Kier alpha value is -1.09. The molecule has 2 rings (SSSR count). The molecular formula is C10H8BrF3N2O2S. The minimum absolute atomic E-state index is 0.174. The van der Waals surface area contributed by atoms with Gasteiger partial charge in [-0.25, -0.2) is 4.79 Å². The second-order valence-electron chi connectivity index (χ2n) is 4.18. The molecular weight excluding hydrogens is 349 g/mol. The first-order chi connectivity index (χ1) is 8.65. The van der Waals surface area contributed by atoms with Gasteiger partial charge in [0.15, 0.2) is 0 Å². The van der Waals surface area contributed by atoms with Crippen molar-refractivity contribution in [1.82, 2.24) is 10.2 Å². The van der Waals surface area contributed by atoms with Crippen molar-refractivity contribution in [2.24, 2.45) is 0 Å². The fourth-order valence-corrected chi connectivity index (χ4v) is 3.06. The Labute approximate surface area is 118 Å². The zero-order valence-corrected chi connectivity index (χ0v) is 11.9. The van der Waals surface area contributed by atoms with E-state index in [0.29, 0.717) is 16.7 Å². The quantitative estimate of drug-likeness (QED) is 0.828. The highest BCUT2D eigenvalue weighted by atomic mass is 79.9. The summed E-state index contributed by atoms with van der Waals surface area (Å²) >= 11 is 4.44. The third kappa shape index (κ3) is 2.36. The van der Waals surface area contributed by atoms with Crippen molar-refractivity contribution in [1.29, 1.82) is 0 Å². The highest BCUT2D eigenvalue weighted by Crippen LogP contribution is 2.36. The van der Waals surface area contributed by atoms with Crippen molar-refractivity contribution in [3.8, 4) is 0 Å². The Bertz CT molecular complexity index is 545. The van der Waals surface area contributed by atoms with Gasteiger partial charge in [-0.05, 0) is 28.9 Å². The number of nitrogens with one attached hydrogen (secondary N) is 1. The fourth-order valence-electron chi connectivity index (χ4n) is 1.63. The predicted molar refractivity (Wildman–Crippen MR) is 65.6 cm³/mol. The lowest BCUT2D eigenvalue weighted by molar-refractivity contribution is -0.191. The van der Waals surface area contributed by atoms with Crippen LogP contribution in [0, 0.1) is 0 Å². The molecule has 0 spiro atoms. The van der Waals surface area contributed by atoms with E-state index in [0.717, 1.165) is 4.47 Å². The lowest BCUT2D eigenvalue weighted by Gasteiger charge is -2.24. The minimum Gasteiger partial charge on any atom is -0.316 e. The summed E-state index contributed by atoms with van der Waals surface area (Å²) in [5, 5.41) is 3.42. The highest BCUT2D eigenvalue weighted by Gasteiger charge is 2.64. The zero-order valence-electron chi connectivity index (χ0n) is 9.55. The Morgan fingerprint density at radius 2 is 2.11 bits per heavy atom. The van der Waals surface area contributed by atoms with Gasteiger partial charge < -0.3 is 5.32 Å². The molecule has 0 bridgehead atoms. The summed E-state index contributed by atoms with van der Waals surface area (Å²) in [7, 11) is 0. The van der Waals surface area contributed by atoms with Gasteiger partial charge in [-0.2, -0.15) is 13.2 Å². The third-order valence-corrected chi connectivity index (χ3v) is 4.46. The summed E-state index contributed by atoms with van der Waals surface area (Å²) in [6.45, 7) is 0.490. The van der Waals surface area contributed by atoms with Gasteiger partial charge in [0.1, 0.15) is 0 Å². The number of hydrogen-bond acceptors (Lipinski definition) is 3. The molecule has 1 N–H and O–H groups in total. The third-order valence-electron chi connectivity index (χ3n) is 2.78. The van der Waals surface area contributed by atoms with E-state index in [1.807, 2.05) is 0 Å². The maximum absolute atomic E-state index is 12.8. The van der Waals surface area contributed by atoms with Crippen LogP contribution in [0.2, 0.25) is 0 Å². The number of nitrogens with zero attached hydrogens (tertiary/aromatic N) is 1. The molecule has 104 valence electrons. The van der Waals surface area contributed by atoms with Crippen LogP contribution in [-0.2, 0) is 11.3 Å². The number of halogens is 4. The topological polar surface area (TPSA) is 49.4 Å². The SMILES string of the molecule is CC1(C(F)(F)F)NC(=O)N(Cc2cc(Br)cs2)C1=O. The average molecular weight is 357 g/mol. The number of rotatable bonds is 2. The molecule has 0 radical (unpaired) electrons. The number of amides is 3. The molecule has 1 fully saturated rings. The molecule has 4 nitrogen and oxygen atoms in total. The summed E-state index contributed by atoms with van der Waals surface area (Å²) in [5.74, 6) is -1.28. The second kappa shape index (κ2) is 4.48. The molecule has 2 heterocycles. The van der Waals surface area contributed by atoms with Crippen molar-refractivity contribution >= 4 is 39.2 Å². The first kappa shape index (κ1) is 14.3. The van der Waals surface area contributed by atoms with Crippen molar-refractivity contribution < 1.29 is 22.8 Å². The van der Waals surface area contributed by atoms with Gasteiger partial charge in [0.2, 0.25) is 5.54 Å². The van der Waals surface area contributed by atoms with E-state index in [4.69, 9.17) is 0 Å². The maximum Gasteiger partial charge on any atom is 0.420 e. The van der Waals surface area contributed by atoms with Crippen LogP contribution in [-0.4, -0.2) is 28.6 Å². The molecule has 1 atom stereocenters. The Morgan fingerprint density at radius 3 is 2.53 bits per heavy atom. The number of alkyl halides is 3. The first-order valence-electron chi connectivity index (χ1n) is 5.09. The van der Waals surface area contributed by atoms with Crippen LogP contribution >= 0.6 is 27.3 Å². The van der Waals surface area contributed by atoms with Crippen molar-refractivity contribution in [2.75, 3.05) is 0 Å². The number of carbonyl (C=O) groups excluding carboxylic acids is 2. The number of hydrogen-bond donors (Lipinski definition) is 1. The van der Waals surface area contributed by atoms with Crippen molar-refractivity contribution in [3.05, 3.63) is 20.8 Å². The van der Waals surface area contributed by atoms with E-state index in [2.05, 4.69) is 15.9 Å². The van der Waals surface area contributed by atoms with Crippen LogP contribution in [0.4, 0.5) is 18.0 Å². The Kier molecular flexibility index (Phi) is 3.38. The fraction of sp³-hybridized carbons (Fsp3) is 0.400. The van der Waals surface area contributed by atoms with E-state index in [9.17, 15) is 22.8 Å². The maximum atomic E-state index is 12.8. The summed E-state index contributed by atoms with van der Waals surface area (Å²) in [6.07, 6.45) is -4.83. The van der Waals surface area contributed by atoms with E-state index in [-0.39, 0.29) is 6.54 Å². The Balaban J connectivity index is 2.24. The average Bonchev–Trinajstić information content (AvgIpc) is 2.76. The van der Waals surface area contributed by atoms with Gasteiger partial charge in [-0.1, -0.05) is 0 Å². The number of thiophene rings is 1. The number of carbonyl (C=O) groups is 2. The zero-order chi connectivity index (χ0) is 14.4. The van der Waals surface area contributed by atoms with E-state index < -0.39 is 23.7 Å². The molecule has 0 aromatic carbocycles. The number of urea groups is 1. The molecule has 1 aliphatic rings. The van der Waals surface area contributed by atoms with Crippen LogP contribution in [0.1, 0.15) is 11.8 Å². The summed E-state index contributed by atoms with van der Waals surface area (Å²) in [5.41, 5.74) is -2.85. The smallest absolute Gasteiger partial charge is 0.316 e. The molecule has 19 heavy (non-hydrogen) atoms. The molecule has 1 aliphatic heterocycles. The predicted octanol–water partition coefficient (Wildman–Crippen LogP) is 2.88. The lowest BCUT2D eigenvalue weighted by atomic mass is 10.0. The van der Waals surface area contributed by atoms with Gasteiger partial charge in [0.05, 0.1) is 6.54 Å². The van der Waals surface area contributed by atoms with Gasteiger partial charge in [0, 0.05) is 14.7 Å². The van der Waals surface area contributed by atoms with Crippen molar-refractivity contribution in [2.45, 2.75) is 25.2 Å². The highest BCUT2D eigenvalue weighted by molar-refractivity contribution is 9.10. The Morgan fingerprint density at radius 1 is 1.47 bits per heavy atom. The van der Waals surface area contributed by atoms with Gasteiger partial charge >= 0.3 is 12.2 Å². The summed E-state index contributed by atoms with van der Waals surface area (Å²) in [6, 6.07) is 0.614. The standard InChI is InChI=1S/C10H8BrF3N2O2S/c1-9(10(12,13)14)7(17)16(8(18)15-9)3-6-2-5(11)4-19-6/h2,4H,3H2,1H3,(H,15,18). The van der Waals surface area contributed by atoms with Crippen molar-refractivity contribution in [3.63, 3.8) is 0 Å². The molecule has 9 heteroatoms. The van der Waals surface area contributed by atoms with E-state index >= 15 is 0 Å². The first-order valence-corrected chi connectivity index (χ1v) is 6.76. The molecule has 1 aromatic heterocycles. The second-order valence-corrected chi connectivity index (χ2v) is 6.09. The normalized spacial score (nSPS) is 23.9. The van der Waals surface area contributed by atoms with Gasteiger partial charge in [-0.3, -0.25) is 9.69 Å². The molecule has 1 unspecified atom stereocenters. The van der Waals surface area contributed by atoms with Crippen LogP contribution < -0.4 is 5.32 Å². The van der Waals surface area contributed by atoms with Crippen LogP contribution in [0.3, 0.4) is 0 Å². The molecule has 1 saturated heterocycles. The minimum atomic E-state index is -4.83. The molecule has 1 aromatic rings. The van der Waals surface area contributed by atoms with Crippen LogP contribution in [0.25, 0.3) is 0 Å². The molecule has 0 aliphatic carbocycles. The number of imide groups is 1. The summed E-state index contributed by atoms with van der Waals surface area (Å²) in [4.78, 5) is 24.5. The van der Waals surface area contributed by atoms with Gasteiger partial charge in [0.25, 0.3) is 5.91 Å². The van der Waals surface area contributed by atoms with E-state index in [1.165, 1.54) is 11.3 Å². The summed E-state index contributed by atoms with van der Waals surface area (Å²) < 4.78 is 39.2. The largest absolute Gasteiger partial charge is 0.420 e. The lowest BCUT2D eigenvalue weighted by Crippen LogP contribution is -2.56. The van der Waals surface area contributed by atoms with E-state index in [1.54, 1.807) is 16.8 Å². The molecule has 3 amide bonds.